The number of hydrogen-bond donors (Lipinski definition) is 0. The highest BCUT2D eigenvalue weighted by atomic mass is 32.2. The van der Waals surface area contributed by atoms with Crippen molar-refractivity contribution in [2.75, 3.05) is 20.0 Å². The number of aryl methyl sites for hydroxylation is 1. The Balaban J connectivity index is 1.57. The van der Waals surface area contributed by atoms with Crippen molar-refractivity contribution in [1.82, 2.24) is 4.98 Å². The van der Waals surface area contributed by atoms with Gasteiger partial charge in [0, 0.05) is 0 Å². The van der Waals surface area contributed by atoms with Gasteiger partial charge in [0.25, 0.3) is 0 Å². The van der Waals surface area contributed by atoms with E-state index in [2.05, 4.69) is 4.98 Å². The van der Waals surface area contributed by atoms with E-state index in [1.807, 2.05) is 43.3 Å². The molecular weight excluding hydrogens is 370 g/mol. The number of fused-ring (bicyclic) bond motifs is 1. The zero-order valence-electron chi connectivity index (χ0n) is 14.8. The van der Waals surface area contributed by atoms with Crippen LogP contribution in [0.5, 0.6) is 11.5 Å². The topological polar surface area (TPSA) is 57.7 Å². The molecule has 1 aromatic heterocycles. The maximum Gasteiger partial charge on any atom is 0.316 e. The fraction of sp³-hybridized carbons (Fsp3) is 0.263. The number of methoxy groups -OCH3 is 2. The van der Waals surface area contributed by atoms with E-state index in [0.717, 1.165) is 25.7 Å². The Kier molecular flexibility index (Phi) is 6.00. The molecule has 1 heterocycles. The van der Waals surface area contributed by atoms with E-state index >= 15 is 0 Å². The van der Waals surface area contributed by atoms with Gasteiger partial charge in [-0.25, -0.2) is 4.98 Å². The minimum absolute atomic E-state index is 0.200. The van der Waals surface area contributed by atoms with Crippen molar-refractivity contribution in [2.45, 2.75) is 17.9 Å². The normalized spacial score (nSPS) is 10.7. The lowest BCUT2D eigenvalue weighted by atomic mass is 10.1. The summed E-state index contributed by atoms with van der Waals surface area (Å²) >= 11 is 2.97. The van der Waals surface area contributed by atoms with E-state index < -0.39 is 0 Å². The number of ether oxygens (including phenoxy) is 3. The molecule has 0 unspecified atom stereocenters. The number of aromatic nitrogens is 1. The quantitative estimate of drug-likeness (QED) is 0.439. The zero-order valence-corrected chi connectivity index (χ0v) is 16.4. The molecule has 0 radical (unpaired) electrons. The highest BCUT2D eigenvalue weighted by Gasteiger charge is 2.12. The number of para-hydroxylation sites is 1. The van der Waals surface area contributed by atoms with Crippen LogP contribution in [0.3, 0.4) is 0 Å². The molecule has 0 aliphatic heterocycles. The minimum atomic E-state index is -0.275. The second-order valence-electron chi connectivity index (χ2n) is 5.53. The Hall–Kier alpha value is -2.25. The summed E-state index contributed by atoms with van der Waals surface area (Å²) in [6, 6.07) is 11.6. The molecule has 0 fully saturated rings. The molecule has 3 aromatic rings. The predicted molar refractivity (Wildman–Crippen MR) is 104 cm³/mol. The Morgan fingerprint density at radius 1 is 1.15 bits per heavy atom. The fourth-order valence-corrected chi connectivity index (χ4v) is 4.28. The molecule has 0 saturated heterocycles. The van der Waals surface area contributed by atoms with E-state index in [4.69, 9.17) is 14.2 Å². The highest BCUT2D eigenvalue weighted by molar-refractivity contribution is 8.01. The summed E-state index contributed by atoms with van der Waals surface area (Å²) in [5.74, 6) is 1.23. The lowest BCUT2D eigenvalue weighted by Crippen LogP contribution is -2.08. The van der Waals surface area contributed by atoms with Gasteiger partial charge in [0.2, 0.25) is 0 Å². The summed E-state index contributed by atoms with van der Waals surface area (Å²) in [6.45, 7) is 2.15. The lowest BCUT2D eigenvalue weighted by Gasteiger charge is -2.13. The van der Waals surface area contributed by atoms with Gasteiger partial charge in [0.15, 0.2) is 15.8 Å². The molecule has 2 aromatic carbocycles. The van der Waals surface area contributed by atoms with Gasteiger partial charge in [-0.3, -0.25) is 4.79 Å². The van der Waals surface area contributed by atoms with Gasteiger partial charge in [-0.1, -0.05) is 23.9 Å². The van der Waals surface area contributed by atoms with Crippen LogP contribution in [0.25, 0.3) is 10.2 Å². The van der Waals surface area contributed by atoms with Crippen molar-refractivity contribution in [3.8, 4) is 11.5 Å². The molecule has 0 bridgehead atoms. The first-order valence-electron chi connectivity index (χ1n) is 7.96. The molecule has 0 aliphatic carbocycles. The Bertz CT molecular complexity index is 890. The van der Waals surface area contributed by atoms with Gasteiger partial charge in [0.05, 0.1) is 30.2 Å². The van der Waals surface area contributed by atoms with Crippen molar-refractivity contribution in [3.63, 3.8) is 0 Å². The molecular formula is C19H19NO4S2. The number of carbonyl (C=O) groups excluding carboxylic acids is 1. The Morgan fingerprint density at radius 3 is 2.62 bits per heavy atom. The molecule has 0 aliphatic rings. The lowest BCUT2D eigenvalue weighted by molar-refractivity contribution is -0.141. The van der Waals surface area contributed by atoms with Crippen molar-refractivity contribution in [1.29, 1.82) is 0 Å². The van der Waals surface area contributed by atoms with Crippen LogP contribution >= 0.6 is 23.1 Å². The number of carbonyl (C=O) groups is 1. The van der Waals surface area contributed by atoms with Gasteiger partial charge in [-0.15, -0.1) is 11.3 Å². The van der Waals surface area contributed by atoms with Gasteiger partial charge in [-0.05, 0) is 42.3 Å². The summed E-state index contributed by atoms with van der Waals surface area (Å²) in [6.07, 6.45) is 0. The maximum absolute atomic E-state index is 12.1. The maximum atomic E-state index is 12.1. The molecule has 7 heteroatoms. The third-order valence-electron chi connectivity index (χ3n) is 3.82. The molecule has 136 valence electrons. The van der Waals surface area contributed by atoms with E-state index in [-0.39, 0.29) is 18.3 Å². The Labute approximate surface area is 160 Å². The van der Waals surface area contributed by atoms with E-state index in [9.17, 15) is 4.79 Å². The smallest absolute Gasteiger partial charge is 0.316 e. The third-order valence-corrected chi connectivity index (χ3v) is 5.97. The number of thioether (sulfide) groups is 1. The van der Waals surface area contributed by atoms with Gasteiger partial charge < -0.3 is 14.2 Å². The predicted octanol–water partition coefficient (Wildman–Crippen LogP) is 4.46. The molecule has 3 rings (SSSR count). The van der Waals surface area contributed by atoms with E-state index in [1.54, 1.807) is 25.6 Å². The van der Waals surface area contributed by atoms with Crippen LogP contribution in [-0.4, -0.2) is 30.9 Å². The summed E-state index contributed by atoms with van der Waals surface area (Å²) in [5.41, 5.74) is 2.82. The Morgan fingerprint density at radius 2 is 1.88 bits per heavy atom. The molecule has 0 N–H and O–H groups in total. The number of rotatable bonds is 7. The first-order chi connectivity index (χ1) is 12.6. The summed E-state index contributed by atoms with van der Waals surface area (Å²) < 4.78 is 17.9. The zero-order chi connectivity index (χ0) is 18.5. The first-order valence-corrected chi connectivity index (χ1v) is 9.76. The minimum Gasteiger partial charge on any atom is -0.493 e. The number of thiazole rings is 1. The molecule has 5 nitrogen and oxygen atoms in total. The molecule has 0 saturated carbocycles. The summed E-state index contributed by atoms with van der Waals surface area (Å²) in [4.78, 5) is 16.6. The van der Waals surface area contributed by atoms with Crippen LogP contribution in [-0.2, 0) is 16.1 Å². The molecule has 0 atom stereocenters. The third kappa shape index (κ3) is 4.28. The van der Waals surface area contributed by atoms with Crippen LogP contribution in [0, 0.1) is 6.92 Å². The van der Waals surface area contributed by atoms with Crippen LogP contribution in [0.1, 0.15) is 11.1 Å². The van der Waals surface area contributed by atoms with Gasteiger partial charge >= 0.3 is 5.97 Å². The summed E-state index contributed by atoms with van der Waals surface area (Å²) in [5, 5.41) is 0. The van der Waals surface area contributed by atoms with Crippen LogP contribution in [0.4, 0.5) is 0 Å². The van der Waals surface area contributed by atoms with Crippen LogP contribution in [0.2, 0.25) is 0 Å². The average molecular weight is 389 g/mol. The second-order valence-corrected chi connectivity index (χ2v) is 7.78. The number of hydrogen-bond acceptors (Lipinski definition) is 7. The molecule has 0 amide bonds. The first kappa shape index (κ1) is 18.5. The molecule has 0 spiro atoms. The highest BCUT2D eigenvalue weighted by Crippen LogP contribution is 2.31. The number of nitrogens with zero attached hydrogens (tertiary/aromatic N) is 1. The monoisotopic (exact) mass is 389 g/mol. The standard InChI is InChI=1S/C19H19NO4S2/c1-12-8-15(22-2)16(23-3)9-13(12)10-24-18(21)11-25-19-20-14-6-4-5-7-17(14)26-19/h4-9H,10-11H2,1-3H3. The fourth-order valence-electron chi connectivity index (χ4n) is 2.41. The SMILES string of the molecule is COc1cc(C)c(COC(=O)CSc2nc3ccccc3s2)cc1OC. The van der Waals surface area contributed by atoms with Crippen LogP contribution in [0.15, 0.2) is 40.7 Å². The van der Waals surface area contributed by atoms with Crippen LogP contribution < -0.4 is 9.47 Å². The van der Waals surface area contributed by atoms with E-state index in [0.29, 0.717) is 11.5 Å². The second kappa shape index (κ2) is 8.42. The van der Waals surface area contributed by atoms with Crippen molar-refractivity contribution < 1.29 is 19.0 Å². The van der Waals surface area contributed by atoms with Gasteiger partial charge in [0.1, 0.15) is 6.61 Å². The number of esters is 1. The van der Waals surface area contributed by atoms with Crippen molar-refractivity contribution in [2.24, 2.45) is 0 Å². The average Bonchev–Trinajstić information content (AvgIpc) is 3.08. The van der Waals surface area contributed by atoms with E-state index in [1.165, 1.54) is 11.8 Å². The molecule has 26 heavy (non-hydrogen) atoms. The van der Waals surface area contributed by atoms with Crippen molar-refractivity contribution in [3.05, 3.63) is 47.5 Å². The largest absolute Gasteiger partial charge is 0.493 e. The van der Waals surface area contributed by atoms with Gasteiger partial charge in [-0.2, -0.15) is 0 Å². The summed E-state index contributed by atoms with van der Waals surface area (Å²) in [7, 11) is 3.17. The van der Waals surface area contributed by atoms with Crippen molar-refractivity contribution >= 4 is 39.3 Å². The number of benzene rings is 2.